The van der Waals surface area contributed by atoms with Crippen LogP contribution in [0.2, 0.25) is 0 Å². The third kappa shape index (κ3) is 6.51. The molecule has 2 rings (SSSR count). The highest BCUT2D eigenvalue weighted by Crippen LogP contribution is 2.32. The van der Waals surface area contributed by atoms with E-state index in [9.17, 15) is 5.26 Å². The Morgan fingerprint density at radius 1 is 0.964 bits per heavy atom. The van der Waals surface area contributed by atoms with Gasteiger partial charge in [0, 0.05) is 6.42 Å². The van der Waals surface area contributed by atoms with Crippen LogP contribution in [0.1, 0.15) is 46.6 Å². The zero-order chi connectivity index (χ0) is 19.9. The topological polar surface area (TPSA) is 28.2 Å². The lowest BCUT2D eigenvalue weighted by Crippen LogP contribution is -3.11. The molecule has 2 nitrogen and oxygen atoms in total. The minimum atomic E-state index is -0.484. The molecule has 2 aromatic rings. The first kappa shape index (κ1) is 24.0. The van der Waals surface area contributed by atoms with Gasteiger partial charge in [0.25, 0.3) is 0 Å². The molecule has 3 heteroatoms. The van der Waals surface area contributed by atoms with Crippen molar-refractivity contribution in [2.75, 3.05) is 19.6 Å². The Hall–Kier alpha value is -2.08. The molecule has 0 aliphatic heterocycles. The van der Waals surface area contributed by atoms with E-state index in [1.807, 2.05) is 0 Å². The van der Waals surface area contributed by atoms with Crippen molar-refractivity contribution in [1.29, 1.82) is 5.26 Å². The van der Waals surface area contributed by atoms with E-state index in [1.165, 1.54) is 26.8 Å². The van der Waals surface area contributed by atoms with Gasteiger partial charge in [-0.05, 0) is 63.1 Å². The van der Waals surface area contributed by atoms with Crippen molar-refractivity contribution < 1.29 is 17.3 Å². The van der Waals surface area contributed by atoms with Crippen molar-refractivity contribution in [2.45, 2.75) is 46.5 Å². The third-order valence-corrected chi connectivity index (χ3v) is 5.21. The molecule has 150 valence electrons. The summed E-state index contributed by atoms with van der Waals surface area (Å²) in [6, 6.07) is 17.3. The molecular formula is C25H33ClN2. The molecule has 1 N–H and O–H groups in total. The molecule has 0 fully saturated rings. The van der Waals surface area contributed by atoms with Crippen LogP contribution < -0.4 is 17.3 Å². The number of nitriles is 1. The molecule has 0 saturated heterocycles. The molecule has 1 atom stereocenters. The minimum absolute atomic E-state index is 0. The van der Waals surface area contributed by atoms with Gasteiger partial charge in [0.1, 0.15) is 0 Å². The van der Waals surface area contributed by atoms with E-state index in [0.29, 0.717) is 0 Å². The first-order valence-electron chi connectivity index (χ1n) is 9.85. The van der Waals surface area contributed by atoms with Crippen LogP contribution in [0.15, 0.2) is 65.8 Å². The molecule has 0 saturated carbocycles. The summed E-state index contributed by atoms with van der Waals surface area (Å²) >= 11 is 0. The number of benzene rings is 2. The van der Waals surface area contributed by atoms with Crippen molar-refractivity contribution in [1.82, 2.24) is 0 Å². The molecule has 0 heterocycles. The van der Waals surface area contributed by atoms with Crippen LogP contribution in [0.3, 0.4) is 0 Å². The first-order chi connectivity index (χ1) is 12.9. The first-order valence-corrected chi connectivity index (χ1v) is 9.85. The third-order valence-electron chi connectivity index (χ3n) is 5.21. The fourth-order valence-electron chi connectivity index (χ4n) is 3.37. The summed E-state index contributed by atoms with van der Waals surface area (Å²) in [4.78, 5) is 1.50. The molecular weight excluding hydrogens is 364 g/mol. The lowest BCUT2D eigenvalue weighted by molar-refractivity contribution is -0.888. The van der Waals surface area contributed by atoms with Crippen LogP contribution in [-0.2, 0) is 5.41 Å². The lowest BCUT2D eigenvalue weighted by atomic mass is 9.78. The van der Waals surface area contributed by atoms with Crippen LogP contribution in [0, 0.1) is 11.3 Å². The number of hydrogen-bond acceptors (Lipinski definition) is 1. The number of hydrogen-bond donors (Lipinski definition) is 1. The maximum atomic E-state index is 10.1. The van der Waals surface area contributed by atoms with E-state index in [2.05, 4.69) is 95.3 Å². The minimum Gasteiger partial charge on any atom is -1.00 e. The summed E-state index contributed by atoms with van der Waals surface area (Å²) in [6.45, 7) is 13.7. The fraction of sp³-hybridized carbons (Fsp3) is 0.400. The molecule has 1 unspecified atom stereocenters. The maximum Gasteiger partial charge on any atom is 0.0962 e. The SMILES string of the molecule is CC(C)=CC[NH+](CC=C(C)C)CCC(C)(C#N)c1cccc2ccccc12.[Cl-]. The number of fused-ring (bicyclic) bond motifs is 1. The summed E-state index contributed by atoms with van der Waals surface area (Å²) in [5, 5.41) is 12.5. The van der Waals surface area contributed by atoms with Crippen LogP contribution in [-0.4, -0.2) is 19.6 Å². The largest absolute Gasteiger partial charge is 1.00 e. The predicted octanol–water partition coefficient (Wildman–Crippen LogP) is 1.83. The van der Waals surface area contributed by atoms with Gasteiger partial charge in [-0.3, -0.25) is 0 Å². The monoisotopic (exact) mass is 396 g/mol. The van der Waals surface area contributed by atoms with Crippen LogP contribution in [0.25, 0.3) is 10.8 Å². The second-order valence-corrected chi connectivity index (χ2v) is 8.19. The summed E-state index contributed by atoms with van der Waals surface area (Å²) in [5.41, 5.74) is 3.36. The summed E-state index contributed by atoms with van der Waals surface area (Å²) in [5.74, 6) is 0. The molecule has 0 spiro atoms. The number of allylic oxidation sites excluding steroid dienone is 2. The summed E-state index contributed by atoms with van der Waals surface area (Å²) in [7, 11) is 0. The summed E-state index contributed by atoms with van der Waals surface area (Å²) < 4.78 is 0. The Bertz CT molecular complexity index is 842. The predicted molar refractivity (Wildman–Crippen MR) is 116 cm³/mol. The van der Waals surface area contributed by atoms with Crippen molar-refractivity contribution in [3.63, 3.8) is 0 Å². The second kappa shape index (κ2) is 11.1. The lowest BCUT2D eigenvalue weighted by Gasteiger charge is -2.26. The molecule has 0 aliphatic carbocycles. The average molecular weight is 397 g/mol. The van der Waals surface area contributed by atoms with Crippen molar-refractivity contribution in [3.05, 3.63) is 71.3 Å². The Morgan fingerprint density at radius 3 is 2.11 bits per heavy atom. The molecule has 0 amide bonds. The van der Waals surface area contributed by atoms with Gasteiger partial charge < -0.3 is 17.3 Å². The maximum absolute atomic E-state index is 10.1. The highest BCUT2D eigenvalue weighted by molar-refractivity contribution is 5.87. The number of rotatable bonds is 8. The smallest absolute Gasteiger partial charge is 0.0962 e. The second-order valence-electron chi connectivity index (χ2n) is 8.19. The van der Waals surface area contributed by atoms with Gasteiger partial charge in [0.05, 0.1) is 31.1 Å². The summed E-state index contributed by atoms with van der Waals surface area (Å²) in [6.07, 6.45) is 5.45. The Labute approximate surface area is 177 Å². The van der Waals surface area contributed by atoms with Crippen LogP contribution >= 0.6 is 0 Å². The number of nitrogens with one attached hydrogen (secondary N) is 1. The van der Waals surface area contributed by atoms with Gasteiger partial charge in [0.15, 0.2) is 0 Å². The van der Waals surface area contributed by atoms with Crippen molar-refractivity contribution in [2.24, 2.45) is 0 Å². The Balaban J connectivity index is 0.00000392. The number of halogens is 1. The molecule has 0 radical (unpaired) electrons. The molecule has 28 heavy (non-hydrogen) atoms. The van der Waals surface area contributed by atoms with E-state index >= 15 is 0 Å². The highest BCUT2D eigenvalue weighted by atomic mass is 35.5. The molecule has 0 aliphatic rings. The van der Waals surface area contributed by atoms with Gasteiger partial charge in [-0.2, -0.15) is 5.26 Å². The van der Waals surface area contributed by atoms with Gasteiger partial charge in [-0.1, -0.05) is 53.6 Å². The van der Waals surface area contributed by atoms with E-state index in [-0.39, 0.29) is 12.4 Å². The number of nitrogens with zero attached hydrogens (tertiary/aromatic N) is 1. The zero-order valence-electron chi connectivity index (χ0n) is 17.8. The number of quaternary nitrogens is 1. The van der Waals surface area contributed by atoms with Crippen molar-refractivity contribution in [3.8, 4) is 6.07 Å². The van der Waals surface area contributed by atoms with Crippen LogP contribution in [0.5, 0.6) is 0 Å². The van der Waals surface area contributed by atoms with Crippen LogP contribution in [0.4, 0.5) is 0 Å². The van der Waals surface area contributed by atoms with E-state index in [0.717, 1.165) is 31.6 Å². The van der Waals surface area contributed by atoms with E-state index in [1.54, 1.807) is 0 Å². The standard InChI is InChI=1S/C25H32N2.ClH/c1-20(2)13-16-27(17-14-21(3)4)18-15-25(5,19-26)24-12-8-10-22-9-6-7-11-23(22)24;/h6-14H,15-18H2,1-5H3;1H. The molecule has 0 aromatic heterocycles. The van der Waals surface area contributed by atoms with Gasteiger partial charge in [0.2, 0.25) is 0 Å². The molecule has 0 bridgehead atoms. The normalized spacial score (nSPS) is 12.6. The quantitative estimate of drug-likeness (QED) is 0.677. The van der Waals surface area contributed by atoms with Gasteiger partial charge in [-0.15, -0.1) is 0 Å². The fourth-order valence-corrected chi connectivity index (χ4v) is 3.37. The average Bonchev–Trinajstić information content (AvgIpc) is 2.66. The van der Waals surface area contributed by atoms with Gasteiger partial charge >= 0.3 is 0 Å². The van der Waals surface area contributed by atoms with Crippen molar-refractivity contribution >= 4 is 10.8 Å². The zero-order valence-corrected chi connectivity index (χ0v) is 18.6. The Kier molecular flexibility index (Phi) is 9.46. The molecule has 2 aromatic carbocycles. The van der Waals surface area contributed by atoms with E-state index < -0.39 is 5.41 Å². The van der Waals surface area contributed by atoms with E-state index in [4.69, 9.17) is 0 Å². The Morgan fingerprint density at radius 2 is 1.54 bits per heavy atom. The van der Waals surface area contributed by atoms with Gasteiger partial charge in [-0.25, -0.2) is 0 Å². The highest BCUT2D eigenvalue weighted by Gasteiger charge is 2.29.